The summed E-state index contributed by atoms with van der Waals surface area (Å²) in [5.41, 5.74) is 1.03. The molecular formula is C21H25N5O3. The molecule has 1 unspecified atom stereocenters. The van der Waals surface area contributed by atoms with E-state index in [9.17, 15) is 9.59 Å². The van der Waals surface area contributed by atoms with E-state index in [1.807, 2.05) is 23.1 Å². The van der Waals surface area contributed by atoms with Crippen molar-refractivity contribution < 1.29 is 14.3 Å². The second kappa shape index (κ2) is 8.65. The van der Waals surface area contributed by atoms with Crippen LogP contribution in [0, 0.1) is 0 Å². The number of hydrogen-bond donors (Lipinski definition) is 1. The van der Waals surface area contributed by atoms with Crippen molar-refractivity contribution in [1.82, 2.24) is 25.4 Å². The zero-order valence-corrected chi connectivity index (χ0v) is 16.3. The fourth-order valence-corrected chi connectivity index (χ4v) is 4.13. The number of carbonyl (C=O) groups excluding carboxylic acids is 2. The van der Waals surface area contributed by atoms with E-state index < -0.39 is 0 Å². The third kappa shape index (κ3) is 4.76. The van der Waals surface area contributed by atoms with Crippen LogP contribution in [0.15, 0.2) is 42.9 Å². The Morgan fingerprint density at radius 2 is 2.03 bits per heavy atom. The molecule has 4 heterocycles. The first-order valence-electron chi connectivity index (χ1n) is 10.0. The molecule has 1 spiro atoms. The summed E-state index contributed by atoms with van der Waals surface area (Å²) in [4.78, 5) is 31.1. The van der Waals surface area contributed by atoms with Gasteiger partial charge in [0.2, 0.25) is 5.91 Å². The summed E-state index contributed by atoms with van der Waals surface area (Å²) in [7, 11) is 0. The van der Waals surface area contributed by atoms with Gasteiger partial charge in [-0.25, -0.2) is 0 Å². The predicted molar refractivity (Wildman–Crippen MR) is 105 cm³/mol. The highest BCUT2D eigenvalue weighted by Crippen LogP contribution is 2.35. The summed E-state index contributed by atoms with van der Waals surface area (Å²) in [6.07, 6.45) is 8.13. The Morgan fingerprint density at radius 1 is 1.17 bits per heavy atom. The Hall–Kier alpha value is -2.87. The first-order valence-corrected chi connectivity index (χ1v) is 10.0. The van der Waals surface area contributed by atoms with E-state index in [0.29, 0.717) is 31.7 Å². The van der Waals surface area contributed by atoms with Crippen LogP contribution in [0.3, 0.4) is 0 Å². The standard InChI is InChI=1S/C21H25N5O3/c27-19(13-17-3-1-2-8-22-17)26-10-6-21(7-11-26)14-18(5-12-29-21)25-20(28)16-4-9-23-24-15-16/h1-4,8-9,15,18H,5-7,10-14H2,(H,25,28). The number of ether oxygens (including phenoxy) is 1. The molecule has 8 heteroatoms. The number of pyridine rings is 1. The van der Waals surface area contributed by atoms with Crippen LogP contribution in [-0.4, -0.2) is 63.2 Å². The van der Waals surface area contributed by atoms with Crippen LogP contribution in [0.1, 0.15) is 41.7 Å². The largest absolute Gasteiger partial charge is 0.375 e. The highest BCUT2D eigenvalue weighted by atomic mass is 16.5. The molecule has 29 heavy (non-hydrogen) atoms. The Kier molecular flexibility index (Phi) is 5.80. The predicted octanol–water partition coefficient (Wildman–Crippen LogP) is 1.38. The van der Waals surface area contributed by atoms with Gasteiger partial charge in [-0.3, -0.25) is 14.6 Å². The van der Waals surface area contributed by atoms with Gasteiger partial charge in [0, 0.05) is 37.6 Å². The van der Waals surface area contributed by atoms with E-state index >= 15 is 0 Å². The van der Waals surface area contributed by atoms with Gasteiger partial charge in [-0.05, 0) is 43.9 Å². The average molecular weight is 395 g/mol. The fourth-order valence-electron chi connectivity index (χ4n) is 4.13. The van der Waals surface area contributed by atoms with Crippen molar-refractivity contribution in [3.63, 3.8) is 0 Å². The highest BCUT2D eigenvalue weighted by Gasteiger charge is 2.41. The average Bonchev–Trinajstić information content (AvgIpc) is 2.75. The van der Waals surface area contributed by atoms with Crippen molar-refractivity contribution >= 4 is 11.8 Å². The normalized spacial score (nSPS) is 21.0. The van der Waals surface area contributed by atoms with Gasteiger partial charge in [-0.15, -0.1) is 0 Å². The highest BCUT2D eigenvalue weighted by molar-refractivity contribution is 5.93. The molecule has 152 valence electrons. The minimum atomic E-state index is -0.269. The molecule has 0 aromatic carbocycles. The van der Waals surface area contributed by atoms with E-state index in [1.54, 1.807) is 12.3 Å². The Bertz CT molecular complexity index is 838. The number of likely N-dealkylation sites (tertiary alicyclic amines) is 1. The Balaban J connectivity index is 1.30. The zero-order chi connectivity index (χ0) is 20.1. The van der Waals surface area contributed by atoms with Crippen molar-refractivity contribution in [3.05, 3.63) is 54.1 Å². The number of amides is 2. The van der Waals surface area contributed by atoms with Crippen LogP contribution in [0.5, 0.6) is 0 Å². The third-order valence-electron chi connectivity index (χ3n) is 5.76. The first-order chi connectivity index (χ1) is 14.1. The molecule has 2 aliphatic heterocycles. The molecule has 0 aliphatic carbocycles. The van der Waals surface area contributed by atoms with Crippen LogP contribution in [-0.2, 0) is 16.0 Å². The summed E-state index contributed by atoms with van der Waals surface area (Å²) in [6, 6.07) is 7.33. The molecular weight excluding hydrogens is 370 g/mol. The van der Waals surface area contributed by atoms with Crippen molar-refractivity contribution in [3.8, 4) is 0 Å². The van der Waals surface area contributed by atoms with Crippen molar-refractivity contribution in [2.24, 2.45) is 0 Å². The molecule has 0 saturated carbocycles. The van der Waals surface area contributed by atoms with Gasteiger partial charge >= 0.3 is 0 Å². The summed E-state index contributed by atoms with van der Waals surface area (Å²) >= 11 is 0. The number of rotatable bonds is 4. The van der Waals surface area contributed by atoms with Gasteiger partial charge in [0.15, 0.2) is 0 Å². The fraction of sp³-hybridized carbons (Fsp3) is 0.476. The molecule has 0 bridgehead atoms. The molecule has 2 saturated heterocycles. The zero-order valence-electron chi connectivity index (χ0n) is 16.3. The van der Waals surface area contributed by atoms with Crippen molar-refractivity contribution in [2.45, 2.75) is 43.7 Å². The van der Waals surface area contributed by atoms with E-state index in [4.69, 9.17) is 4.74 Å². The second-order valence-corrected chi connectivity index (χ2v) is 7.70. The number of nitrogens with one attached hydrogen (secondary N) is 1. The van der Waals surface area contributed by atoms with E-state index in [1.165, 1.54) is 12.4 Å². The number of carbonyl (C=O) groups is 2. The summed E-state index contributed by atoms with van der Waals surface area (Å²) in [5.74, 6) is -0.0330. The maximum absolute atomic E-state index is 12.6. The lowest BCUT2D eigenvalue weighted by molar-refractivity contribution is -0.143. The summed E-state index contributed by atoms with van der Waals surface area (Å²) < 4.78 is 6.15. The molecule has 1 N–H and O–H groups in total. The van der Waals surface area contributed by atoms with Gasteiger partial charge in [-0.2, -0.15) is 10.2 Å². The molecule has 0 radical (unpaired) electrons. The number of hydrogen-bond acceptors (Lipinski definition) is 6. The van der Waals surface area contributed by atoms with Crippen LogP contribution >= 0.6 is 0 Å². The third-order valence-corrected chi connectivity index (χ3v) is 5.76. The number of piperidine rings is 1. The van der Waals surface area contributed by atoms with Gasteiger partial charge in [0.05, 0.1) is 30.0 Å². The Morgan fingerprint density at radius 3 is 2.76 bits per heavy atom. The van der Waals surface area contributed by atoms with Crippen LogP contribution in [0.4, 0.5) is 0 Å². The monoisotopic (exact) mass is 395 g/mol. The van der Waals surface area contributed by atoms with Crippen molar-refractivity contribution in [1.29, 1.82) is 0 Å². The maximum Gasteiger partial charge on any atom is 0.253 e. The molecule has 2 aliphatic rings. The SMILES string of the molecule is O=C(NC1CCOC2(CCN(C(=O)Cc3ccccn3)CC2)C1)c1ccnnc1. The summed E-state index contributed by atoms with van der Waals surface area (Å²) in [5, 5.41) is 10.6. The lowest BCUT2D eigenvalue weighted by atomic mass is 9.82. The minimum Gasteiger partial charge on any atom is -0.375 e. The minimum absolute atomic E-state index is 0.0557. The molecule has 2 aromatic rings. The molecule has 2 amide bonds. The maximum atomic E-state index is 12.6. The molecule has 4 rings (SSSR count). The first kappa shape index (κ1) is 19.4. The van der Waals surface area contributed by atoms with Gasteiger partial charge < -0.3 is 15.0 Å². The summed E-state index contributed by atoms with van der Waals surface area (Å²) in [6.45, 7) is 1.95. The smallest absolute Gasteiger partial charge is 0.253 e. The van der Waals surface area contributed by atoms with Gasteiger partial charge in [-0.1, -0.05) is 6.07 Å². The lowest BCUT2D eigenvalue weighted by Crippen LogP contribution is -2.54. The van der Waals surface area contributed by atoms with Crippen LogP contribution in [0.25, 0.3) is 0 Å². The molecule has 8 nitrogen and oxygen atoms in total. The van der Waals surface area contributed by atoms with Crippen molar-refractivity contribution in [2.75, 3.05) is 19.7 Å². The van der Waals surface area contributed by atoms with Crippen LogP contribution in [0.2, 0.25) is 0 Å². The second-order valence-electron chi connectivity index (χ2n) is 7.70. The van der Waals surface area contributed by atoms with E-state index in [2.05, 4.69) is 20.5 Å². The quantitative estimate of drug-likeness (QED) is 0.840. The molecule has 1 atom stereocenters. The van der Waals surface area contributed by atoms with Crippen LogP contribution < -0.4 is 5.32 Å². The number of aromatic nitrogens is 3. The van der Waals surface area contributed by atoms with E-state index in [-0.39, 0.29) is 23.5 Å². The topological polar surface area (TPSA) is 97.3 Å². The Labute approximate surface area is 169 Å². The van der Waals surface area contributed by atoms with Gasteiger partial charge in [0.25, 0.3) is 5.91 Å². The molecule has 2 fully saturated rings. The lowest BCUT2D eigenvalue weighted by Gasteiger charge is -2.46. The van der Waals surface area contributed by atoms with Gasteiger partial charge in [0.1, 0.15) is 0 Å². The van der Waals surface area contributed by atoms with E-state index in [0.717, 1.165) is 31.4 Å². The molecule has 2 aromatic heterocycles. The number of nitrogens with zero attached hydrogens (tertiary/aromatic N) is 4.